The third kappa shape index (κ3) is 2.64. The average molecular weight is 245 g/mol. The van der Waals surface area contributed by atoms with Crippen molar-refractivity contribution in [3.8, 4) is 11.3 Å². The lowest BCUT2D eigenvalue weighted by atomic mass is 10.1. The van der Waals surface area contributed by atoms with Gasteiger partial charge in [0.1, 0.15) is 5.82 Å². The van der Waals surface area contributed by atoms with Crippen molar-refractivity contribution in [2.45, 2.75) is 19.8 Å². The van der Waals surface area contributed by atoms with Crippen LogP contribution in [0.15, 0.2) is 30.3 Å². The largest absolute Gasteiger partial charge is 0.357 e. The zero-order chi connectivity index (χ0) is 13.1. The van der Waals surface area contributed by atoms with Crippen molar-refractivity contribution in [3.63, 3.8) is 0 Å². The minimum Gasteiger partial charge on any atom is -0.357 e. The number of aromatic nitrogens is 2. The molecule has 1 heterocycles. The molecule has 0 aliphatic heterocycles. The first kappa shape index (κ1) is 12.5. The van der Waals surface area contributed by atoms with Crippen LogP contribution >= 0.6 is 0 Å². The number of halogens is 1. The lowest BCUT2D eigenvalue weighted by Crippen LogP contribution is -2.02. The van der Waals surface area contributed by atoms with Gasteiger partial charge in [-0.25, -0.2) is 14.4 Å². The Bertz CT molecular complexity index is 535. The molecule has 2 rings (SSSR count). The fourth-order valence-electron chi connectivity index (χ4n) is 1.64. The number of hydrogen-bond acceptors (Lipinski definition) is 3. The molecular weight excluding hydrogens is 229 g/mol. The van der Waals surface area contributed by atoms with E-state index in [2.05, 4.69) is 29.1 Å². The quantitative estimate of drug-likeness (QED) is 0.900. The van der Waals surface area contributed by atoms with Crippen LogP contribution in [0.1, 0.15) is 25.5 Å². The molecule has 0 saturated carbocycles. The van der Waals surface area contributed by atoms with E-state index in [1.54, 1.807) is 19.2 Å². The number of anilines is 1. The molecule has 94 valence electrons. The smallest absolute Gasteiger partial charge is 0.223 e. The van der Waals surface area contributed by atoms with Crippen molar-refractivity contribution in [3.05, 3.63) is 41.8 Å². The summed E-state index contributed by atoms with van der Waals surface area (Å²) in [6.45, 7) is 4.16. The molecule has 0 spiro atoms. The fourth-order valence-corrected chi connectivity index (χ4v) is 1.64. The third-order valence-electron chi connectivity index (χ3n) is 2.70. The van der Waals surface area contributed by atoms with Crippen LogP contribution in [0.2, 0.25) is 0 Å². The summed E-state index contributed by atoms with van der Waals surface area (Å²) in [5.74, 6) is 0.658. The molecule has 4 heteroatoms. The third-order valence-corrected chi connectivity index (χ3v) is 2.70. The van der Waals surface area contributed by atoms with E-state index in [9.17, 15) is 4.39 Å². The van der Waals surface area contributed by atoms with Gasteiger partial charge in [0.05, 0.1) is 5.69 Å². The van der Waals surface area contributed by atoms with E-state index < -0.39 is 0 Å². The molecule has 1 aromatic carbocycles. The van der Waals surface area contributed by atoms with Crippen LogP contribution in [-0.2, 0) is 0 Å². The normalized spacial score (nSPS) is 10.7. The van der Waals surface area contributed by atoms with Gasteiger partial charge in [-0.1, -0.05) is 13.8 Å². The first-order chi connectivity index (χ1) is 8.60. The molecule has 0 atom stereocenters. The summed E-state index contributed by atoms with van der Waals surface area (Å²) >= 11 is 0. The van der Waals surface area contributed by atoms with E-state index in [0.717, 1.165) is 17.0 Å². The number of nitrogens with one attached hydrogen (secondary N) is 1. The summed E-state index contributed by atoms with van der Waals surface area (Å²) in [4.78, 5) is 8.79. The minimum absolute atomic E-state index is 0.245. The van der Waals surface area contributed by atoms with E-state index in [-0.39, 0.29) is 5.82 Å². The van der Waals surface area contributed by atoms with Gasteiger partial charge in [-0.05, 0) is 36.2 Å². The van der Waals surface area contributed by atoms with Crippen LogP contribution in [0.25, 0.3) is 11.3 Å². The second-order valence-corrected chi connectivity index (χ2v) is 4.41. The van der Waals surface area contributed by atoms with Gasteiger partial charge in [-0.3, -0.25) is 0 Å². The van der Waals surface area contributed by atoms with Gasteiger partial charge in [0.25, 0.3) is 0 Å². The second-order valence-electron chi connectivity index (χ2n) is 4.41. The summed E-state index contributed by atoms with van der Waals surface area (Å²) < 4.78 is 12.9. The van der Waals surface area contributed by atoms with Crippen LogP contribution in [-0.4, -0.2) is 17.0 Å². The highest BCUT2D eigenvalue weighted by Crippen LogP contribution is 2.22. The van der Waals surface area contributed by atoms with Gasteiger partial charge < -0.3 is 5.32 Å². The molecule has 0 bridgehead atoms. The predicted molar refractivity (Wildman–Crippen MR) is 71.1 cm³/mol. The van der Waals surface area contributed by atoms with Crippen molar-refractivity contribution < 1.29 is 4.39 Å². The van der Waals surface area contributed by atoms with Gasteiger partial charge in [-0.2, -0.15) is 0 Å². The van der Waals surface area contributed by atoms with Crippen LogP contribution in [0.3, 0.4) is 0 Å². The van der Waals surface area contributed by atoms with E-state index in [1.165, 1.54) is 12.1 Å². The Morgan fingerprint density at radius 3 is 2.33 bits per heavy atom. The Balaban J connectivity index is 2.49. The summed E-state index contributed by atoms with van der Waals surface area (Å²) in [5.41, 5.74) is 2.66. The zero-order valence-corrected chi connectivity index (χ0v) is 10.7. The molecule has 0 aliphatic rings. The van der Waals surface area contributed by atoms with Crippen molar-refractivity contribution in [1.82, 2.24) is 9.97 Å². The Labute approximate surface area is 106 Å². The summed E-state index contributed by atoms with van der Waals surface area (Å²) in [6, 6.07) is 8.26. The minimum atomic E-state index is -0.245. The van der Waals surface area contributed by atoms with Crippen LogP contribution in [0, 0.1) is 5.82 Å². The molecule has 0 fully saturated rings. The second kappa shape index (κ2) is 5.12. The lowest BCUT2D eigenvalue weighted by Gasteiger charge is -2.10. The predicted octanol–water partition coefficient (Wildman–Crippen LogP) is 3.45. The molecule has 18 heavy (non-hydrogen) atoms. The summed E-state index contributed by atoms with van der Waals surface area (Å²) in [7, 11) is 1.79. The molecule has 0 unspecified atom stereocenters. The number of benzene rings is 1. The standard InChI is InChI=1S/C14H16FN3/c1-9(2)12-8-13(18-14(16-3)17-12)10-4-6-11(15)7-5-10/h4-9H,1-3H3,(H,16,17,18). The topological polar surface area (TPSA) is 37.8 Å². The molecule has 0 radical (unpaired) electrons. The molecular formula is C14H16FN3. The van der Waals surface area contributed by atoms with Crippen molar-refractivity contribution in [1.29, 1.82) is 0 Å². The van der Waals surface area contributed by atoms with Crippen LogP contribution in [0.4, 0.5) is 10.3 Å². The van der Waals surface area contributed by atoms with Gasteiger partial charge in [-0.15, -0.1) is 0 Å². The molecule has 0 amide bonds. The zero-order valence-electron chi connectivity index (χ0n) is 10.7. The number of hydrogen-bond donors (Lipinski definition) is 1. The van der Waals surface area contributed by atoms with E-state index >= 15 is 0 Å². The molecule has 0 saturated heterocycles. The highest BCUT2D eigenvalue weighted by molar-refractivity contribution is 5.60. The molecule has 0 aliphatic carbocycles. The maximum atomic E-state index is 12.9. The molecule has 1 aromatic heterocycles. The maximum Gasteiger partial charge on any atom is 0.223 e. The summed E-state index contributed by atoms with van der Waals surface area (Å²) in [5, 5.41) is 2.95. The first-order valence-electron chi connectivity index (χ1n) is 5.93. The monoisotopic (exact) mass is 245 g/mol. The van der Waals surface area contributed by atoms with E-state index in [4.69, 9.17) is 0 Å². The first-order valence-corrected chi connectivity index (χ1v) is 5.93. The number of nitrogens with zero attached hydrogens (tertiary/aromatic N) is 2. The molecule has 2 aromatic rings. The fraction of sp³-hybridized carbons (Fsp3) is 0.286. The highest BCUT2D eigenvalue weighted by Gasteiger charge is 2.08. The molecule has 3 nitrogen and oxygen atoms in total. The highest BCUT2D eigenvalue weighted by atomic mass is 19.1. The van der Waals surface area contributed by atoms with Crippen molar-refractivity contribution >= 4 is 5.95 Å². The van der Waals surface area contributed by atoms with Gasteiger partial charge in [0, 0.05) is 18.3 Å². The summed E-state index contributed by atoms with van der Waals surface area (Å²) in [6.07, 6.45) is 0. The number of rotatable bonds is 3. The lowest BCUT2D eigenvalue weighted by molar-refractivity contribution is 0.628. The van der Waals surface area contributed by atoms with E-state index in [1.807, 2.05) is 6.07 Å². The van der Waals surface area contributed by atoms with Crippen molar-refractivity contribution in [2.24, 2.45) is 0 Å². The Hall–Kier alpha value is -1.97. The Morgan fingerprint density at radius 2 is 1.78 bits per heavy atom. The average Bonchev–Trinajstić information content (AvgIpc) is 2.39. The SMILES string of the molecule is CNc1nc(-c2ccc(F)cc2)cc(C(C)C)n1. The van der Waals surface area contributed by atoms with Gasteiger partial charge in [0.2, 0.25) is 5.95 Å². The van der Waals surface area contributed by atoms with Gasteiger partial charge in [0.15, 0.2) is 0 Å². The van der Waals surface area contributed by atoms with E-state index in [0.29, 0.717) is 11.9 Å². The Kier molecular flexibility index (Phi) is 3.55. The molecule has 1 N–H and O–H groups in total. The van der Waals surface area contributed by atoms with Crippen LogP contribution in [0.5, 0.6) is 0 Å². The van der Waals surface area contributed by atoms with Crippen LogP contribution < -0.4 is 5.32 Å². The Morgan fingerprint density at radius 1 is 1.11 bits per heavy atom. The van der Waals surface area contributed by atoms with Crippen molar-refractivity contribution in [2.75, 3.05) is 12.4 Å². The maximum absolute atomic E-state index is 12.9. The van der Waals surface area contributed by atoms with Gasteiger partial charge >= 0.3 is 0 Å².